The minimum absolute atomic E-state index is 0.00146. The fraction of sp³-hybridized carbons (Fsp3) is 0.176. The summed E-state index contributed by atoms with van der Waals surface area (Å²) in [6, 6.07) is 51.5. The molecule has 0 unspecified atom stereocenters. The molecule has 0 spiro atoms. The van der Waals surface area contributed by atoms with E-state index in [1.807, 2.05) is 0 Å². The van der Waals surface area contributed by atoms with Gasteiger partial charge in [0.05, 0.1) is 0 Å². The molecule has 0 atom stereocenters. The lowest BCUT2D eigenvalue weighted by Gasteiger charge is -2.22. The van der Waals surface area contributed by atoms with Crippen molar-refractivity contribution in [1.82, 2.24) is 0 Å². The van der Waals surface area contributed by atoms with Gasteiger partial charge in [-0.3, -0.25) is 0 Å². The second-order valence-electron chi connectivity index (χ2n) is 16.9. The molecule has 0 saturated carbocycles. The highest BCUT2D eigenvalue weighted by Gasteiger charge is 2.38. The molecular weight excluding hydrogens is 613 g/mol. The first-order valence-electron chi connectivity index (χ1n) is 18.5. The minimum Gasteiger partial charge on any atom is -0.0619 e. The molecule has 0 radical (unpaired) electrons. The number of rotatable bonds is 2. The molecule has 0 heteroatoms. The third-order valence-electron chi connectivity index (χ3n) is 13.3. The van der Waals surface area contributed by atoms with Crippen LogP contribution in [0, 0.1) is 0 Å². The van der Waals surface area contributed by atoms with Gasteiger partial charge in [-0.05, 0) is 134 Å². The Labute approximate surface area is 300 Å². The first kappa shape index (κ1) is 29.3. The highest BCUT2D eigenvalue weighted by molar-refractivity contribution is 6.29. The summed E-state index contributed by atoms with van der Waals surface area (Å²) in [5.74, 6) is 0. The van der Waals surface area contributed by atoms with Gasteiger partial charge in [0.2, 0.25) is 0 Å². The number of benzene rings is 8. The van der Waals surface area contributed by atoms with Crippen LogP contribution < -0.4 is 0 Å². The van der Waals surface area contributed by atoms with Gasteiger partial charge in [-0.25, -0.2) is 0 Å². The smallest absolute Gasteiger partial charge is 0.0159 e. The van der Waals surface area contributed by atoms with Crippen LogP contribution in [0.2, 0.25) is 0 Å². The van der Waals surface area contributed by atoms with E-state index in [1.54, 1.807) is 0 Å². The Morgan fingerprint density at radius 3 is 1.22 bits per heavy atom. The normalized spacial score (nSPS) is 16.5. The van der Waals surface area contributed by atoms with Gasteiger partial charge in [0.15, 0.2) is 0 Å². The third kappa shape index (κ3) is 3.60. The van der Waals surface area contributed by atoms with Crippen molar-refractivity contribution >= 4 is 32.3 Å². The van der Waals surface area contributed by atoms with Crippen molar-refractivity contribution in [1.29, 1.82) is 0 Å². The van der Waals surface area contributed by atoms with Crippen molar-refractivity contribution in [2.45, 2.75) is 57.8 Å². The monoisotopic (exact) mass is 652 g/mol. The number of fused-ring (bicyclic) bond motifs is 9. The van der Waals surface area contributed by atoms with E-state index in [9.17, 15) is 0 Å². The van der Waals surface area contributed by atoms with E-state index in [0.717, 1.165) is 0 Å². The first-order chi connectivity index (χ1) is 24.5. The maximum Gasteiger partial charge on any atom is 0.0159 e. The van der Waals surface area contributed by atoms with Gasteiger partial charge in [0.25, 0.3) is 0 Å². The molecule has 0 N–H and O–H groups in total. The van der Waals surface area contributed by atoms with Crippen LogP contribution in [0.15, 0.2) is 133 Å². The number of hydrogen-bond acceptors (Lipinski definition) is 0. The lowest BCUT2D eigenvalue weighted by molar-refractivity contribution is 0.660. The predicted molar refractivity (Wildman–Crippen MR) is 217 cm³/mol. The van der Waals surface area contributed by atoms with Crippen LogP contribution in [-0.2, 0) is 16.2 Å². The molecule has 0 bridgehead atoms. The third-order valence-corrected chi connectivity index (χ3v) is 13.3. The van der Waals surface area contributed by atoms with Crippen molar-refractivity contribution < 1.29 is 0 Å². The maximum atomic E-state index is 2.46. The molecule has 8 aromatic carbocycles. The molecule has 11 rings (SSSR count). The quantitative estimate of drug-likeness (QED) is 0.163. The van der Waals surface area contributed by atoms with Crippen LogP contribution in [0.3, 0.4) is 0 Å². The highest BCUT2D eigenvalue weighted by Crippen LogP contribution is 2.54. The second-order valence-corrected chi connectivity index (χ2v) is 16.9. The molecule has 0 aliphatic heterocycles. The average molecular weight is 653 g/mol. The summed E-state index contributed by atoms with van der Waals surface area (Å²) in [6.45, 7) is 14.2. The van der Waals surface area contributed by atoms with E-state index in [-0.39, 0.29) is 16.2 Å². The van der Waals surface area contributed by atoms with Crippen LogP contribution in [0.5, 0.6) is 0 Å². The summed E-state index contributed by atoms with van der Waals surface area (Å²) < 4.78 is 0. The van der Waals surface area contributed by atoms with Gasteiger partial charge < -0.3 is 0 Å². The van der Waals surface area contributed by atoms with Crippen molar-refractivity contribution in [2.75, 3.05) is 0 Å². The van der Waals surface area contributed by atoms with Crippen LogP contribution >= 0.6 is 0 Å². The summed E-state index contributed by atoms with van der Waals surface area (Å²) in [5.41, 5.74) is 19.1. The fourth-order valence-electron chi connectivity index (χ4n) is 10.5. The predicted octanol–water partition coefficient (Wildman–Crippen LogP) is 13.7. The van der Waals surface area contributed by atoms with E-state index < -0.39 is 0 Å². The van der Waals surface area contributed by atoms with E-state index in [1.165, 1.54) is 110 Å². The SMILES string of the molecule is CC1(C)c2ccccc2-c2cc(-c3ccc4c(c3)-c3cc(-c5ccc6c(c5)c5cccc7c5c5c(cccc65)C7(C)C)ccc3C4(C)C)ccc21. The Balaban J connectivity index is 1.07. The average Bonchev–Trinajstić information content (AvgIpc) is 3.63. The van der Waals surface area contributed by atoms with Gasteiger partial charge in [-0.2, -0.15) is 0 Å². The Kier molecular flexibility index (Phi) is 5.43. The highest BCUT2D eigenvalue weighted by atomic mass is 14.4. The second kappa shape index (κ2) is 9.45. The molecule has 0 aromatic heterocycles. The molecule has 8 aromatic rings. The van der Waals surface area contributed by atoms with E-state index >= 15 is 0 Å². The van der Waals surface area contributed by atoms with Crippen molar-refractivity contribution in [3.8, 4) is 44.5 Å². The fourth-order valence-corrected chi connectivity index (χ4v) is 10.5. The van der Waals surface area contributed by atoms with Crippen LogP contribution in [0.25, 0.3) is 76.8 Å². The molecule has 3 aliphatic rings. The molecule has 0 amide bonds. The zero-order chi connectivity index (χ0) is 34.6. The van der Waals surface area contributed by atoms with E-state index in [2.05, 4.69) is 175 Å². The molecule has 0 fully saturated rings. The summed E-state index contributed by atoms with van der Waals surface area (Å²) >= 11 is 0. The van der Waals surface area contributed by atoms with E-state index in [0.29, 0.717) is 0 Å². The molecule has 244 valence electrons. The molecule has 0 heterocycles. The zero-order valence-electron chi connectivity index (χ0n) is 30.2. The van der Waals surface area contributed by atoms with Gasteiger partial charge >= 0.3 is 0 Å². The van der Waals surface area contributed by atoms with Gasteiger partial charge in [-0.1, -0.05) is 151 Å². The van der Waals surface area contributed by atoms with Crippen LogP contribution in [-0.4, -0.2) is 0 Å². The lowest BCUT2D eigenvalue weighted by Crippen LogP contribution is -2.15. The zero-order valence-corrected chi connectivity index (χ0v) is 30.2. The summed E-state index contributed by atoms with van der Waals surface area (Å²) in [4.78, 5) is 0. The molecular formula is C51H40. The Morgan fingerprint density at radius 1 is 0.275 bits per heavy atom. The largest absolute Gasteiger partial charge is 0.0619 e. The van der Waals surface area contributed by atoms with Crippen molar-refractivity contribution in [3.05, 3.63) is 167 Å². The molecule has 0 saturated heterocycles. The van der Waals surface area contributed by atoms with Gasteiger partial charge in [-0.15, -0.1) is 0 Å². The lowest BCUT2D eigenvalue weighted by atomic mass is 9.81. The standard InChI is InChI=1S/C51H40/c1-49(2)41-14-8-7-11-34(41)38-26-30(18-22-42(38)49)32-20-24-44-40(28-32)39-27-31(19-23-43(39)50(44,3)4)29-17-21-33-35-12-9-15-45-47(35)48-36(37(33)25-29)13-10-16-46(48)51(45,5)6/h7-28H,1-6H3. The summed E-state index contributed by atoms with van der Waals surface area (Å²) in [7, 11) is 0. The molecule has 51 heavy (non-hydrogen) atoms. The van der Waals surface area contributed by atoms with Crippen molar-refractivity contribution in [3.63, 3.8) is 0 Å². The molecule has 3 aliphatic carbocycles. The van der Waals surface area contributed by atoms with Gasteiger partial charge in [0, 0.05) is 16.2 Å². The topological polar surface area (TPSA) is 0 Å². The summed E-state index contributed by atoms with van der Waals surface area (Å²) in [6.07, 6.45) is 0. The Morgan fingerprint density at radius 2 is 0.667 bits per heavy atom. The van der Waals surface area contributed by atoms with Gasteiger partial charge in [0.1, 0.15) is 0 Å². The summed E-state index contributed by atoms with van der Waals surface area (Å²) in [5, 5.41) is 8.31. The van der Waals surface area contributed by atoms with Crippen molar-refractivity contribution in [2.24, 2.45) is 0 Å². The Hall–Kier alpha value is -5.46. The Bertz CT molecular complexity index is 2870. The number of hydrogen-bond donors (Lipinski definition) is 0. The van der Waals surface area contributed by atoms with E-state index in [4.69, 9.17) is 0 Å². The first-order valence-corrected chi connectivity index (χ1v) is 18.5. The van der Waals surface area contributed by atoms with Crippen LogP contribution in [0.1, 0.15) is 74.9 Å². The minimum atomic E-state index is -0.0582. The maximum absolute atomic E-state index is 2.46. The van der Waals surface area contributed by atoms with Crippen LogP contribution in [0.4, 0.5) is 0 Å². The molecule has 0 nitrogen and oxygen atoms in total.